The van der Waals surface area contributed by atoms with Gasteiger partial charge in [0.25, 0.3) is 5.91 Å². The monoisotopic (exact) mass is 505 g/mol. The van der Waals surface area contributed by atoms with Gasteiger partial charge in [0, 0.05) is 60.6 Å². The summed E-state index contributed by atoms with van der Waals surface area (Å²) in [5.41, 5.74) is 6.47. The summed E-state index contributed by atoms with van der Waals surface area (Å²) in [6.45, 7) is 1.25. The highest BCUT2D eigenvalue weighted by Crippen LogP contribution is 2.29. The minimum absolute atomic E-state index is 0.0824. The van der Waals surface area contributed by atoms with Crippen LogP contribution in [0.25, 0.3) is 22.0 Å². The van der Waals surface area contributed by atoms with Crippen LogP contribution in [0.15, 0.2) is 91.4 Å². The van der Waals surface area contributed by atoms with Crippen molar-refractivity contribution in [3.8, 4) is 11.1 Å². The van der Waals surface area contributed by atoms with Crippen molar-refractivity contribution >= 4 is 22.6 Å². The lowest BCUT2D eigenvalue weighted by atomic mass is 9.90. The first-order valence-corrected chi connectivity index (χ1v) is 12.7. The van der Waals surface area contributed by atoms with Crippen LogP contribution in [0.3, 0.4) is 0 Å². The number of nitrogens with one attached hydrogen (secondary N) is 3. The number of ketones is 1. The molecular weight excluding hydrogens is 474 g/mol. The van der Waals surface area contributed by atoms with Gasteiger partial charge in [-0.1, -0.05) is 54.6 Å². The lowest BCUT2D eigenvalue weighted by Gasteiger charge is -2.17. The summed E-state index contributed by atoms with van der Waals surface area (Å²) in [6.07, 6.45) is 6.44. The molecule has 2 aromatic heterocycles. The molecule has 0 fully saturated rings. The third kappa shape index (κ3) is 5.43. The first kappa shape index (κ1) is 25.2. The number of rotatable bonds is 10. The van der Waals surface area contributed by atoms with E-state index in [1.54, 1.807) is 11.7 Å². The Hall–Kier alpha value is -4.49. The molecule has 3 N–H and O–H groups in total. The molecule has 7 heteroatoms. The van der Waals surface area contributed by atoms with Crippen LogP contribution >= 0.6 is 0 Å². The normalized spacial score (nSPS) is 11.9. The largest absolute Gasteiger partial charge is 0.360 e. The summed E-state index contributed by atoms with van der Waals surface area (Å²) in [4.78, 5) is 28.9. The van der Waals surface area contributed by atoms with Crippen LogP contribution in [0.4, 0.5) is 0 Å². The van der Waals surface area contributed by atoms with E-state index in [9.17, 15) is 9.59 Å². The lowest BCUT2D eigenvalue weighted by Crippen LogP contribution is -2.28. The van der Waals surface area contributed by atoms with Gasteiger partial charge in [0.1, 0.15) is 0 Å². The Kier molecular flexibility index (Phi) is 7.47. The summed E-state index contributed by atoms with van der Waals surface area (Å²) in [6, 6.07) is 23.7. The van der Waals surface area contributed by atoms with Crippen LogP contribution in [0.2, 0.25) is 0 Å². The number of hydrogen-bond acceptors (Lipinski definition) is 4. The fraction of sp³-hybridized carbons (Fsp3) is 0.194. The number of Topliss-reactive ketones (excluding diaryl/α,β-unsaturated/α-hetero) is 1. The van der Waals surface area contributed by atoms with Gasteiger partial charge in [-0.3, -0.25) is 14.3 Å². The van der Waals surface area contributed by atoms with Crippen LogP contribution in [0.1, 0.15) is 37.8 Å². The molecule has 3 aromatic carbocycles. The van der Waals surface area contributed by atoms with E-state index in [1.807, 2.05) is 92.4 Å². The molecule has 0 aliphatic rings. The van der Waals surface area contributed by atoms with Crippen molar-refractivity contribution in [1.29, 1.82) is 0 Å². The van der Waals surface area contributed by atoms with Crippen LogP contribution in [-0.2, 0) is 13.5 Å². The number of H-pyrrole nitrogens is 1. The van der Waals surface area contributed by atoms with E-state index in [0.29, 0.717) is 17.7 Å². The van der Waals surface area contributed by atoms with Gasteiger partial charge in [-0.2, -0.15) is 5.10 Å². The van der Waals surface area contributed by atoms with Crippen molar-refractivity contribution in [3.05, 3.63) is 114 Å². The molecule has 2 heterocycles. The molecule has 192 valence electrons. The molecule has 0 spiro atoms. The van der Waals surface area contributed by atoms with E-state index in [1.165, 1.54) is 0 Å². The third-order valence-electron chi connectivity index (χ3n) is 6.89. The van der Waals surface area contributed by atoms with Crippen LogP contribution in [0, 0.1) is 0 Å². The van der Waals surface area contributed by atoms with E-state index in [4.69, 9.17) is 0 Å². The van der Waals surface area contributed by atoms with Crippen molar-refractivity contribution in [2.24, 2.45) is 7.05 Å². The smallest absolute Gasteiger partial charge is 0.251 e. The quantitative estimate of drug-likeness (QED) is 0.189. The van der Waals surface area contributed by atoms with Gasteiger partial charge in [-0.05, 0) is 47.9 Å². The molecule has 38 heavy (non-hydrogen) atoms. The van der Waals surface area contributed by atoms with Gasteiger partial charge in [0.05, 0.1) is 12.1 Å². The number of carbonyl (C=O) groups excluding carboxylic acids is 2. The molecule has 1 unspecified atom stereocenters. The zero-order valence-electron chi connectivity index (χ0n) is 21.6. The van der Waals surface area contributed by atoms with Crippen molar-refractivity contribution in [2.45, 2.75) is 12.3 Å². The molecule has 0 saturated heterocycles. The van der Waals surface area contributed by atoms with Gasteiger partial charge in [0.2, 0.25) is 0 Å². The molecular formula is C31H31N5O2. The molecule has 7 nitrogen and oxygen atoms in total. The number of hydrogen-bond donors (Lipinski definition) is 3. The number of aromatic nitrogens is 3. The minimum atomic E-state index is -0.316. The Morgan fingerprint density at radius 2 is 1.79 bits per heavy atom. The third-order valence-corrected chi connectivity index (χ3v) is 6.89. The van der Waals surface area contributed by atoms with E-state index in [2.05, 4.69) is 26.8 Å². The predicted molar refractivity (Wildman–Crippen MR) is 150 cm³/mol. The zero-order chi connectivity index (χ0) is 26.5. The van der Waals surface area contributed by atoms with Crippen molar-refractivity contribution in [2.75, 3.05) is 20.1 Å². The number of aromatic amines is 1. The fourth-order valence-electron chi connectivity index (χ4n) is 4.76. The first-order chi connectivity index (χ1) is 18.5. The second kappa shape index (κ2) is 11.3. The lowest BCUT2D eigenvalue weighted by molar-refractivity contribution is 0.0953. The van der Waals surface area contributed by atoms with Gasteiger partial charge < -0.3 is 15.6 Å². The molecule has 1 amide bonds. The van der Waals surface area contributed by atoms with Crippen LogP contribution in [0.5, 0.6) is 0 Å². The Balaban J connectivity index is 1.30. The van der Waals surface area contributed by atoms with E-state index in [-0.39, 0.29) is 17.6 Å². The molecule has 0 bridgehead atoms. The second-order valence-corrected chi connectivity index (χ2v) is 9.42. The Labute approximate surface area is 221 Å². The number of fused-ring (bicyclic) bond motifs is 1. The summed E-state index contributed by atoms with van der Waals surface area (Å²) in [5.74, 6) is -0.327. The van der Waals surface area contributed by atoms with Crippen molar-refractivity contribution in [1.82, 2.24) is 25.4 Å². The summed E-state index contributed by atoms with van der Waals surface area (Å²) >= 11 is 0. The Morgan fingerprint density at radius 3 is 2.50 bits per heavy atom. The number of benzene rings is 3. The molecule has 0 radical (unpaired) electrons. The SMILES string of the molecule is CNC(=O)c1ccc(CCNCC(C(=O)c2c[nH]c3cc(-c4cnn(C)c4)ccc23)c2ccccc2)cc1. The molecule has 0 aliphatic carbocycles. The van der Waals surface area contributed by atoms with Crippen molar-refractivity contribution in [3.63, 3.8) is 0 Å². The highest BCUT2D eigenvalue weighted by Gasteiger charge is 2.24. The minimum Gasteiger partial charge on any atom is -0.360 e. The average molecular weight is 506 g/mol. The highest BCUT2D eigenvalue weighted by molar-refractivity contribution is 6.11. The standard InChI is InChI=1S/C31H31N5O2/c1-32-31(38)23-10-8-21(9-11-23)14-15-33-18-27(22-6-4-3-5-7-22)30(37)28-19-34-29-16-24(12-13-26(28)29)25-17-35-36(2)20-25/h3-13,16-17,19-20,27,33-34H,14-15,18H2,1-2H3,(H,32,38). The fourth-order valence-corrected chi connectivity index (χ4v) is 4.76. The molecule has 1 atom stereocenters. The summed E-state index contributed by atoms with van der Waals surface area (Å²) in [5, 5.41) is 11.3. The molecule has 5 aromatic rings. The second-order valence-electron chi connectivity index (χ2n) is 9.42. The maximum atomic E-state index is 13.9. The van der Waals surface area contributed by atoms with Crippen LogP contribution < -0.4 is 10.6 Å². The highest BCUT2D eigenvalue weighted by atomic mass is 16.1. The maximum absolute atomic E-state index is 13.9. The van der Waals surface area contributed by atoms with E-state index >= 15 is 0 Å². The van der Waals surface area contributed by atoms with Crippen molar-refractivity contribution < 1.29 is 9.59 Å². The van der Waals surface area contributed by atoms with Gasteiger partial charge in [0.15, 0.2) is 5.78 Å². The zero-order valence-corrected chi connectivity index (χ0v) is 21.6. The number of carbonyl (C=O) groups is 2. The summed E-state index contributed by atoms with van der Waals surface area (Å²) in [7, 11) is 3.52. The average Bonchev–Trinajstić information content (AvgIpc) is 3.59. The predicted octanol–water partition coefficient (Wildman–Crippen LogP) is 4.73. The molecule has 5 rings (SSSR count). The van der Waals surface area contributed by atoms with E-state index in [0.717, 1.165) is 46.1 Å². The number of amides is 1. The van der Waals surface area contributed by atoms with E-state index < -0.39 is 0 Å². The van der Waals surface area contributed by atoms with Gasteiger partial charge in [-0.25, -0.2) is 0 Å². The summed E-state index contributed by atoms with van der Waals surface area (Å²) < 4.78 is 1.78. The first-order valence-electron chi connectivity index (χ1n) is 12.7. The molecule has 0 aliphatic heterocycles. The number of aryl methyl sites for hydroxylation is 1. The maximum Gasteiger partial charge on any atom is 0.251 e. The molecule has 0 saturated carbocycles. The van der Waals surface area contributed by atoms with Gasteiger partial charge in [-0.15, -0.1) is 0 Å². The topological polar surface area (TPSA) is 91.8 Å². The van der Waals surface area contributed by atoms with Gasteiger partial charge >= 0.3 is 0 Å². The number of nitrogens with zero attached hydrogens (tertiary/aromatic N) is 2. The Bertz CT molecular complexity index is 1550. The Morgan fingerprint density at radius 1 is 1.00 bits per heavy atom. The van der Waals surface area contributed by atoms with Crippen LogP contribution in [-0.4, -0.2) is 46.6 Å².